The van der Waals surface area contributed by atoms with E-state index in [1.54, 1.807) is 12.1 Å². The lowest BCUT2D eigenvalue weighted by Gasteiger charge is -2.34. The molecular formula is C18H17BrClFN2O4S. The van der Waals surface area contributed by atoms with Crippen LogP contribution in [0.15, 0.2) is 51.8 Å². The third-order valence-electron chi connectivity index (χ3n) is 4.29. The van der Waals surface area contributed by atoms with Gasteiger partial charge in [-0.1, -0.05) is 27.5 Å². The Morgan fingerprint density at radius 1 is 1.11 bits per heavy atom. The highest BCUT2D eigenvalue weighted by Crippen LogP contribution is 2.25. The number of hydrogen-bond donors (Lipinski definition) is 0. The number of carbonyl (C=O) groups excluding carboxylic acids is 1. The summed E-state index contributed by atoms with van der Waals surface area (Å²) in [5.41, 5.74) is 0. The zero-order chi connectivity index (χ0) is 20.3. The second-order valence-corrected chi connectivity index (χ2v) is 9.36. The average Bonchev–Trinajstić information content (AvgIpc) is 2.67. The quantitative estimate of drug-likeness (QED) is 0.644. The average molecular weight is 492 g/mol. The highest BCUT2D eigenvalue weighted by molar-refractivity contribution is 9.10. The Labute approximate surface area is 176 Å². The lowest BCUT2D eigenvalue weighted by atomic mass is 10.3. The Hall–Kier alpha value is -1.68. The fourth-order valence-corrected chi connectivity index (χ4v) is 4.66. The molecule has 0 aliphatic carbocycles. The first kappa shape index (κ1) is 21.0. The van der Waals surface area contributed by atoms with Crippen LogP contribution >= 0.6 is 27.5 Å². The molecule has 10 heteroatoms. The smallest absolute Gasteiger partial charge is 0.260 e. The first-order valence-electron chi connectivity index (χ1n) is 8.39. The van der Waals surface area contributed by atoms with Crippen molar-refractivity contribution < 1.29 is 22.3 Å². The number of nitrogens with zero attached hydrogens (tertiary/aromatic N) is 2. The maximum atomic E-state index is 13.0. The van der Waals surface area contributed by atoms with Crippen LogP contribution in [0.2, 0.25) is 5.02 Å². The number of carbonyl (C=O) groups is 1. The molecule has 1 aliphatic heterocycles. The van der Waals surface area contributed by atoms with E-state index in [0.717, 1.165) is 10.5 Å². The summed E-state index contributed by atoms with van der Waals surface area (Å²) >= 11 is 9.15. The van der Waals surface area contributed by atoms with Crippen LogP contribution in [0.25, 0.3) is 0 Å². The van der Waals surface area contributed by atoms with Crippen molar-refractivity contribution in [3.63, 3.8) is 0 Å². The molecule has 1 aliphatic rings. The number of hydrogen-bond acceptors (Lipinski definition) is 4. The minimum atomic E-state index is -3.60. The van der Waals surface area contributed by atoms with Gasteiger partial charge in [-0.15, -0.1) is 0 Å². The summed E-state index contributed by atoms with van der Waals surface area (Å²) in [7, 11) is -3.60. The third-order valence-corrected chi connectivity index (χ3v) is 7.02. The summed E-state index contributed by atoms with van der Waals surface area (Å²) < 4.78 is 45.9. The number of amides is 1. The van der Waals surface area contributed by atoms with Gasteiger partial charge in [-0.25, -0.2) is 12.8 Å². The van der Waals surface area contributed by atoms with Gasteiger partial charge in [0, 0.05) is 30.7 Å². The zero-order valence-corrected chi connectivity index (χ0v) is 17.8. The number of piperazine rings is 1. The predicted molar refractivity (Wildman–Crippen MR) is 106 cm³/mol. The molecular weight excluding hydrogens is 475 g/mol. The van der Waals surface area contributed by atoms with E-state index >= 15 is 0 Å². The first-order chi connectivity index (χ1) is 13.3. The van der Waals surface area contributed by atoms with Crippen LogP contribution in [0.5, 0.6) is 5.75 Å². The molecule has 1 fully saturated rings. The maximum Gasteiger partial charge on any atom is 0.260 e. The van der Waals surface area contributed by atoms with E-state index in [0.29, 0.717) is 0 Å². The highest BCUT2D eigenvalue weighted by atomic mass is 79.9. The molecule has 1 saturated heterocycles. The summed E-state index contributed by atoms with van der Waals surface area (Å²) in [6.07, 6.45) is 0. The van der Waals surface area contributed by atoms with Gasteiger partial charge in [0.25, 0.3) is 5.91 Å². The van der Waals surface area contributed by atoms with Gasteiger partial charge in [-0.05, 0) is 42.5 Å². The number of rotatable bonds is 5. The summed E-state index contributed by atoms with van der Waals surface area (Å²) in [6.45, 7) is 0.651. The second-order valence-electron chi connectivity index (χ2n) is 6.10. The van der Waals surface area contributed by atoms with Crippen LogP contribution in [0.1, 0.15) is 0 Å². The van der Waals surface area contributed by atoms with E-state index < -0.39 is 15.8 Å². The molecule has 1 heterocycles. The van der Waals surface area contributed by atoms with E-state index in [-0.39, 0.29) is 54.4 Å². The Balaban J connectivity index is 1.55. The lowest BCUT2D eigenvalue weighted by Crippen LogP contribution is -2.51. The lowest BCUT2D eigenvalue weighted by molar-refractivity contribution is -0.134. The van der Waals surface area contributed by atoms with Gasteiger partial charge >= 0.3 is 0 Å². The maximum absolute atomic E-state index is 13.0. The SMILES string of the molecule is O=C(COc1ccc(F)cc1Cl)N1CCN(S(=O)(=O)c2ccc(Br)cc2)CC1. The van der Waals surface area contributed by atoms with Crippen molar-refractivity contribution in [3.8, 4) is 5.75 Å². The molecule has 28 heavy (non-hydrogen) atoms. The summed E-state index contributed by atoms with van der Waals surface area (Å²) in [5.74, 6) is -0.569. The Kier molecular flexibility index (Phi) is 6.59. The van der Waals surface area contributed by atoms with Gasteiger partial charge in [0.1, 0.15) is 11.6 Å². The van der Waals surface area contributed by atoms with E-state index in [1.807, 2.05) is 0 Å². The van der Waals surface area contributed by atoms with Crippen molar-refractivity contribution >= 4 is 43.5 Å². The van der Waals surface area contributed by atoms with E-state index in [2.05, 4.69) is 15.9 Å². The Bertz CT molecular complexity index is 964. The van der Waals surface area contributed by atoms with Crippen LogP contribution in [-0.2, 0) is 14.8 Å². The highest BCUT2D eigenvalue weighted by Gasteiger charge is 2.30. The molecule has 0 radical (unpaired) electrons. The normalized spacial score (nSPS) is 15.5. The topological polar surface area (TPSA) is 66.9 Å². The zero-order valence-electron chi connectivity index (χ0n) is 14.6. The van der Waals surface area contributed by atoms with Crippen molar-refractivity contribution in [1.82, 2.24) is 9.21 Å². The number of benzene rings is 2. The standard InChI is InChI=1S/C18H17BrClFN2O4S/c19-13-1-4-15(5-2-13)28(25,26)23-9-7-22(8-10-23)18(24)12-27-17-6-3-14(21)11-16(17)20/h1-6,11H,7-10,12H2. The van der Waals surface area contributed by atoms with Crippen molar-refractivity contribution in [3.05, 3.63) is 57.8 Å². The fraction of sp³-hybridized carbons (Fsp3) is 0.278. The Morgan fingerprint density at radius 2 is 1.75 bits per heavy atom. The largest absolute Gasteiger partial charge is 0.482 e. The van der Waals surface area contributed by atoms with Gasteiger partial charge in [0.2, 0.25) is 10.0 Å². The van der Waals surface area contributed by atoms with Crippen LogP contribution in [-0.4, -0.2) is 56.3 Å². The minimum absolute atomic E-state index is 0.0817. The summed E-state index contributed by atoms with van der Waals surface area (Å²) in [4.78, 5) is 14.1. The number of sulfonamides is 1. The molecule has 0 spiro atoms. The monoisotopic (exact) mass is 490 g/mol. The van der Waals surface area contributed by atoms with Crippen molar-refractivity contribution in [2.45, 2.75) is 4.90 Å². The van der Waals surface area contributed by atoms with E-state index in [9.17, 15) is 17.6 Å². The molecule has 0 bridgehead atoms. The second kappa shape index (κ2) is 8.77. The number of halogens is 3. The van der Waals surface area contributed by atoms with Crippen molar-refractivity contribution in [2.75, 3.05) is 32.8 Å². The third kappa shape index (κ3) is 4.83. The van der Waals surface area contributed by atoms with E-state index in [1.165, 1.54) is 33.5 Å². The molecule has 3 rings (SSSR count). The van der Waals surface area contributed by atoms with Gasteiger partial charge in [0.05, 0.1) is 9.92 Å². The van der Waals surface area contributed by atoms with Gasteiger partial charge in [-0.2, -0.15) is 4.31 Å². The molecule has 0 saturated carbocycles. The van der Waals surface area contributed by atoms with Crippen LogP contribution in [0.3, 0.4) is 0 Å². The molecule has 0 atom stereocenters. The number of ether oxygens (including phenoxy) is 1. The van der Waals surface area contributed by atoms with Gasteiger partial charge < -0.3 is 9.64 Å². The Morgan fingerprint density at radius 3 is 2.36 bits per heavy atom. The van der Waals surface area contributed by atoms with Gasteiger partial charge in [-0.3, -0.25) is 4.79 Å². The molecule has 150 valence electrons. The molecule has 1 amide bonds. The van der Waals surface area contributed by atoms with Crippen molar-refractivity contribution in [1.29, 1.82) is 0 Å². The van der Waals surface area contributed by atoms with Crippen LogP contribution in [0.4, 0.5) is 4.39 Å². The molecule has 0 unspecified atom stereocenters. The molecule has 6 nitrogen and oxygen atoms in total. The summed E-state index contributed by atoms with van der Waals surface area (Å²) in [6, 6.07) is 10.1. The van der Waals surface area contributed by atoms with E-state index in [4.69, 9.17) is 16.3 Å². The van der Waals surface area contributed by atoms with Gasteiger partial charge in [0.15, 0.2) is 6.61 Å². The molecule has 2 aromatic carbocycles. The summed E-state index contributed by atoms with van der Waals surface area (Å²) in [5, 5.41) is 0.0817. The molecule has 0 N–H and O–H groups in total. The molecule has 2 aromatic rings. The predicted octanol–water partition coefficient (Wildman–Crippen LogP) is 3.15. The minimum Gasteiger partial charge on any atom is -0.482 e. The van der Waals surface area contributed by atoms with Crippen LogP contribution in [0, 0.1) is 5.82 Å². The van der Waals surface area contributed by atoms with Crippen molar-refractivity contribution in [2.24, 2.45) is 0 Å². The molecule has 0 aromatic heterocycles. The first-order valence-corrected chi connectivity index (χ1v) is 11.0. The fourth-order valence-electron chi connectivity index (χ4n) is 2.76. The van der Waals surface area contributed by atoms with Crippen LogP contribution < -0.4 is 4.74 Å².